The maximum absolute atomic E-state index is 12.9. The van der Waals surface area contributed by atoms with Gasteiger partial charge in [-0.2, -0.15) is 0 Å². The number of aliphatic imine (C=N–C) groups is 1. The fourth-order valence-electron chi connectivity index (χ4n) is 2.90. The second-order valence-electron chi connectivity index (χ2n) is 6.24. The Morgan fingerprint density at radius 3 is 2.56 bits per heavy atom. The van der Waals surface area contributed by atoms with E-state index >= 15 is 0 Å². The Bertz CT molecular complexity index is 669. The molecule has 1 amide bonds. The van der Waals surface area contributed by atoms with Crippen LogP contribution in [0.5, 0.6) is 0 Å². The molecule has 0 saturated carbocycles. The molecule has 2 N–H and O–H groups in total. The van der Waals surface area contributed by atoms with Gasteiger partial charge in [-0.15, -0.1) is 24.0 Å². The molecule has 0 aliphatic carbocycles. The maximum atomic E-state index is 12.9. The number of hydrogen-bond donors (Lipinski definition) is 2. The summed E-state index contributed by atoms with van der Waals surface area (Å²) in [5, 5.41) is 5.81. The van der Waals surface area contributed by atoms with Crippen molar-refractivity contribution < 1.29 is 18.7 Å². The number of rotatable bonds is 5. The molecule has 7 nitrogen and oxygen atoms in total. The van der Waals surface area contributed by atoms with Crippen molar-refractivity contribution in [3.63, 3.8) is 0 Å². The molecule has 1 aliphatic rings. The largest absolute Gasteiger partial charge is 0.469 e. The van der Waals surface area contributed by atoms with Gasteiger partial charge in [0.1, 0.15) is 12.4 Å². The van der Waals surface area contributed by atoms with E-state index < -0.39 is 0 Å². The molecule has 1 saturated heterocycles. The van der Waals surface area contributed by atoms with Crippen LogP contribution in [0, 0.1) is 17.7 Å². The van der Waals surface area contributed by atoms with Crippen LogP contribution in [-0.2, 0) is 14.3 Å². The van der Waals surface area contributed by atoms with Gasteiger partial charge >= 0.3 is 5.97 Å². The number of ether oxygens (including phenoxy) is 1. The topological polar surface area (TPSA) is 83.0 Å². The summed E-state index contributed by atoms with van der Waals surface area (Å²) in [6, 6.07) is 5.54. The first kappa shape index (κ1) is 23.1. The molecule has 0 bridgehead atoms. The highest BCUT2D eigenvalue weighted by molar-refractivity contribution is 14.0. The average Bonchev–Trinajstić information content (AvgIpc) is 3.01. The number of nitrogens with one attached hydrogen (secondary N) is 2. The van der Waals surface area contributed by atoms with Crippen LogP contribution in [0.1, 0.15) is 13.8 Å². The van der Waals surface area contributed by atoms with Crippen molar-refractivity contribution in [3.05, 3.63) is 30.1 Å². The van der Waals surface area contributed by atoms with Gasteiger partial charge in [0.2, 0.25) is 5.91 Å². The fourth-order valence-corrected chi connectivity index (χ4v) is 2.90. The predicted molar refractivity (Wildman–Crippen MR) is 113 cm³/mol. The van der Waals surface area contributed by atoms with Gasteiger partial charge in [-0.25, -0.2) is 9.38 Å². The second-order valence-corrected chi connectivity index (χ2v) is 6.24. The monoisotopic (exact) mass is 492 g/mol. The summed E-state index contributed by atoms with van der Waals surface area (Å²) < 4.78 is 17.7. The number of benzene rings is 1. The Hall–Kier alpha value is -1.91. The molecule has 150 valence electrons. The molecule has 1 aromatic rings. The number of esters is 1. The van der Waals surface area contributed by atoms with E-state index in [2.05, 4.69) is 15.6 Å². The highest BCUT2D eigenvalue weighted by Crippen LogP contribution is 2.24. The first-order valence-electron chi connectivity index (χ1n) is 8.61. The Morgan fingerprint density at radius 1 is 1.30 bits per heavy atom. The molecule has 9 heteroatoms. The number of likely N-dealkylation sites (tertiary alicyclic amines) is 1. The zero-order valence-corrected chi connectivity index (χ0v) is 18.0. The Balaban J connectivity index is 0.00000364. The fraction of sp³-hybridized carbons (Fsp3) is 0.500. The molecule has 2 rings (SSSR count). The Kier molecular flexibility index (Phi) is 9.47. The van der Waals surface area contributed by atoms with E-state index in [0.29, 0.717) is 31.3 Å². The van der Waals surface area contributed by atoms with Gasteiger partial charge in [-0.3, -0.25) is 9.59 Å². The van der Waals surface area contributed by atoms with Crippen molar-refractivity contribution in [2.75, 3.05) is 38.6 Å². The molecule has 1 heterocycles. The van der Waals surface area contributed by atoms with E-state index in [4.69, 9.17) is 4.74 Å². The van der Waals surface area contributed by atoms with Crippen molar-refractivity contribution in [2.45, 2.75) is 13.8 Å². The van der Waals surface area contributed by atoms with Crippen LogP contribution >= 0.6 is 24.0 Å². The van der Waals surface area contributed by atoms with E-state index in [1.165, 1.54) is 31.4 Å². The van der Waals surface area contributed by atoms with Crippen molar-refractivity contribution >= 4 is 47.5 Å². The molecule has 2 unspecified atom stereocenters. The third-order valence-electron chi connectivity index (χ3n) is 4.25. The second kappa shape index (κ2) is 11.1. The highest BCUT2D eigenvalue weighted by Gasteiger charge is 2.36. The summed E-state index contributed by atoms with van der Waals surface area (Å²) in [7, 11) is 1.39. The summed E-state index contributed by atoms with van der Waals surface area (Å²) in [5.41, 5.74) is 0.511. The van der Waals surface area contributed by atoms with Crippen molar-refractivity contribution in [1.29, 1.82) is 0 Å². The molecule has 1 aromatic carbocycles. The van der Waals surface area contributed by atoms with E-state index in [1.807, 2.05) is 18.7 Å². The molecular formula is C18H26FIN4O3. The number of amides is 1. The van der Waals surface area contributed by atoms with Gasteiger partial charge < -0.3 is 20.3 Å². The molecule has 1 fully saturated rings. The van der Waals surface area contributed by atoms with E-state index in [9.17, 15) is 14.0 Å². The van der Waals surface area contributed by atoms with E-state index in [0.717, 1.165) is 0 Å². The lowest BCUT2D eigenvalue weighted by molar-refractivity contribution is -0.146. The smallest absolute Gasteiger partial charge is 0.310 e. The van der Waals surface area contributed by atoms with E-state index in [1.54, 1.807) is 0 Å². The lowest BCUT2D eigenvalue weighted by Crippen LogP contribution is -2.41. The summed E-state index contributed by atoms with van der Waals surface area (Å²) in [6.07, 6.45) is 0. The minimum atomic E-state index is -0.362. The molecule has 2 atom stereocenters. The standard InChI is InChI=1S/C18H25FN4O3.HI/c1-4-20-18(23-10-12(2)15(11-23)17(25)26-3)21-9-16(24)22-14-7-5-13(19)6-8-14;/h5-8,12,15H,4,9-11H2,1-3H3,(H,20,21)(H,22,24);1H. The number of nitrogens with zero attached hydrogens (tertiary/aromatic N) is 2. The number of hydrogen-bond acceptors (Lipinski definition) is 4. The Morgan fingerprint density at radius 2 is 1.96 bits per heavy atom. The molecular weight excluding hydrogens is 466 g/mol. The number of carbonyl (C=O) groups is 2. The van der Waals surface area contributed by atoms with Gasteiger partial charge in [-0.05, 0) is 37.1 Å². The van der Waals surface area contributed by atoms with Gasteiger partial charge in [0.05, 0.1) is 13.0 Å². The van der Waals surface area contributed by atoms with Gasteiger partial charge in [-0.1, -0.05) is 6.92 Å². The summed E-state index contributed by atoms with van der Waals surface area (Å²) in [5.74, 6) is -0.385. The first-order chi connectivity index (χ1) is 12.4. The van der Waals surface area contributed by atoms with Crippen molar-refractivity contribution in [2.24, 2.45) is 16.8 Å². The predicted octanol–water partition coefficient (Wildman–Crippen LogP) is 2.09. The van der Waals surface area contributed by atoms with Crippen molar-refractivity contribution in [1.82, 2.24) is 10.2 Å². The van der Waals surface area contributed by atoms with Crippen LogP contribution in [0.3, 0.4) is 0 Å². The minimum Gasteiger partial charge on any atom is -0.469 e. The summed E-state index contributed by atoms with van der Waals surface area (Å²) >= 11 is 0. The SMILES string of the molecule is CCNC(=NCC(=O)Nc1ccc(F)cc1)N1CC(C)C(C(=O)OC)C1.I. The van der Waals surface area contributed by atoms with Gasteiger partial charge in [0, 0.05) is 25.3 Å². The number of guanidine groups is 1. The van der Waals surface area contributed by atoms with Crippen molar-refractivity contribution in [3.8, 4) is 0 Å². The molecule has 0 radical (unpaired) electrons. The lowest BCUT2D eigenvalue weighted by Gasteiger charge is -2.21. The van der Waals surface area contributed by atoms with Crippen LogP contribution in [0.2, 0.25) is 0 Å². The average molecular weight is 492 g/mol. The normalized spacial score (nSPS) is 19.3. The van der Waals surface area contributed by atoms with Crippen LogP contribution in [-0.4, -0.2) is 56.0 Å². The quantitative estimate of drug-likeness (QED) is 0.285. The third kappa shape index (κ3) is 6.64. The number of halogens is 2. The number of methoxy groups -OCH3 is 1. The van der Waals surface area contributed by atoms with Gasteiger partial charge in [0.15, 0.2) is 5.96 Å². The van der Waals surface area contributed by atoms with E-state index in [-0.39, 0.29) is 60.1 Å². The Labute approximate surface area is 175 Å². The van der Waals surface area contributed by atoms with Gasteiger partial charge in [0.25, 0.3) is 0 Å². The van der Waals surface area contributed by atoms with Crippen LogP contribution in [0.25, 0.3) is 0 Å². The zero-order valence-electron chi connectivity index (χ0n) is 15.7. The third-order valence-corrected chi connectivity index (χ3v) is 4.25. The highest BCUT2D eigenvalue weighted by atomic mass is 127. The van der Waals surface area contributed by atoms with Crippen LogP contribution in [0.4, 0.5) is 10.1 Å². The maximum Gasteiger partial charge on any atom is 0.310 e. The van der Waals surface area contributed by atoms with Crippen LogP contribution < -0.4 is 10.6 Å². The molecule has 27 heavy (non-hydrogen) atoms. The molecule has 1 aliphatic heterocycles. The number of anilines is 1. The lowest BCUT2D eigenvalue weighted by atomic mass is 9.99. The summed E-state index contributed by atoms with van der Waals surface area (Å²) in [6.45, 7) is 5.65. The molecule has 0 spiro atoms. The zero-order chi connectivity index (χ0) is 19.1. The first-order valence-corrected chi connectivity index (χ1v) is 8.61. The van der Waals surface area contributed by atoms with Crippen LogP contribution in [0.15, 0.2) is 29.3 Å². The number of carbonyl (C=O) groups excluding carboxylic acids is 2. The minimum absolute atomic E-state index is 0. The molecule has 0 aromatic heterocycles. The summed E-state index contributed by atoms with van der Waals surface area (Å²) in [4.78, 5) is 30.2.